The largest absolute Gasteiger partial charge is 0.493 e. The highest BCUT2D eigenvalue weighted by molar-refractivity contribution is 5.80. The summed E-state index contributed by atoms with van der Waals surface area (Å²) in [6.07, 6.45) is 0. The number of methoxy groups -OCH3 is 1. The van der Waals surface area contributed by atoms with E-state index in [2.05, 4.69) is 17.0 Å². The molecule has 6 nitrogen and oxygen atoms in total. The van der Waals surface area contributed by atoms with Gasteiger partial charge in [0.2, 0.25) is 0 Å². The first-order valence-corrected chi connectivity index (χ1v) is 9.39. The number of nitrogens with zero attached hydrogens (tertiary/aromatic N) is 3. The molecule has 2 heterocycles. The Bertz CT molecular complexity index is 968. The quantitative estimate of drug-likeness (QED) is 0.684. The van der Waals surface area contributed by atoms with Crippen LogP contribution in [0.15, 0.2) is 60.7 Å². The van der Waals surface area contributed by atoms with Crippen LogP contribution in [0.2, 0.25) is 0 Å². The molecule has 0 radical (unpaired) electrons. The summed E-state index contributed by atoms with van der Waals surface area (Å²) in [6, 6.07) is 19.6. The van der Waals surface area contributed by atoms with Gasteiger partial charge in [0.1, 0.15) is 5.82 Å². The van der Waals surface area contributed by atoms with Crippen LogP contribution >= 0.6 is 0 Å². The Morgan fingerprint density at radius 2 is 1.64 bits per heavy atom. The van der Waals surface area contributed by atoms with E-state index in [9.17, 15) is 4.79 Å². The molecule has 1 fully saturated rings. The number of ether oxygens (including phenoxy) is 2. The van der Waals surface area contributed by atoms with E-state index in [1.54, 1.807) is 13.2 Å². The summed E-state index contributed by atoms with van der Waals surface area (Å²) in [6.45, 7) is 2.83. The van der Waals surface area contributed by atoms with E-state index in [1.807, 2.05) is 47.4 Å². The molecule has 1 aliphatic rings. The first-order chi connectivity index (χ1) is 13.7. The molecule has 0 aliphatic carbocycles. The number of benzene rings is 2. The Morgan fingerprint density at radius 3 is 2.43 bits per heavy atom. The minimum Gasteiger partial charge on any atom is -0.493 e. The van der Waals surface area contributed by atoms with Crippen molar-refractivity contribution in [2.75, 3.05) is 44.8 Å². The lowest BCUT2D eigenvalue weighted by molar-refractivity contribution is -0.133. The Balaban J connectivity index is 1.33. The molecule has 0 bridgehead atoms. The summed E-state index contributed by atoms with van der Waals surface area (Å²) in [5.41, 5.74) is 0.990. The van der Waals surface area contributed by atoms with Gasteiger partial charge < -0.3 is 19.3 Å². The van der Waals surface area contributed by atoms with Crippen LogP contribution in [-0.4, -0.2) is 55.7 Å². The van der Waals surface area contributed by atoms with Crippen LogP contribution in [0.3, 0.4) is 0 Å². The van der Waals surface area contributed by atoms with Crippen LogP contribution in [0, 0.1) is 0 Å². The number of carbonyl (C=O) groups is 1. The number of aromatic nitrogens is 1. The Hall–Kier alpha value is -3.28. The van der Waals surface area contributed by atoms with Crippen molar-refractivity contribution in [2.45, 2.75) is 0 Å². The molecule has 0 unspecified atom stereocenters. The Morgan fingerprint density at radius 1 is 0.929 bits per heavy atom. The molecule has 1 saturated heterocycles. The van der Waals surface area contributed by atoms with E-state index in [1.165, 1.54) is 0 Å². The van der Waals surface area contributed by atoms with Crippen LogP contribution < -0.4 is 14.4 Å². The fourth-order valence-corrected chi connectivity index (χ4v) is 3.39. The first-order valence-electron chi connectivity index (χ1n) is 9.39. The van der Waals surface area contributed by atoms with Gasteiger partial charge >= 0.3 is 0 Å². The van der Waals surface area contributed by atoms with Crippen molar-refractivity contribution in [3.8, 4) is 11.5 Å². The van der Waals surface area contributed by atoms with Gasteiger partial charge in [-0.05, 0) is 30.3 Å². The molecule has 0 spiro atoms. The van der Waals surface area contributed by atoms with E-state index in [4.69, 9.17) is 14.5 Å². The van der Waals surface area contributed by atoms with Gasteiger partial charge in [0.25, 0.3) is 5.91 Å². The Labute approximate surface area is 164 Å². The van der Waals surface area contributed by atoms with Crippen LogP contribution in [0.4, 0.5) is 5.82 Å². The molecule has 3 aromatic rings. The molecule has 2 aromatic carbocycles. The summed E-state index contributed by atoms with van der Waals surface area (Å²) in [4.78, 5) is 21.3. The maximum Gasteiger partial charge on any atom is 0.260 e. The first kappa shape index (κ1) is 18.1. The van der Waals surface area contributed by atoms with E-state index >= 15 is 0 Å². The van der Waals surface area contributed by atoms with Gasteiger partial charge in [-0.15, -0.1) is 0 Å². The normalized spacial score (nSPS) is 14.2. The lowest BCUT2D eigenvalue weighted by Crippen LogP contribution is -2.50. The summed E-state index contributed by atoms with van der Waals surface area (Å²) in [5, 5.41) is 1.13. The SMILES string of the molecule is COc1ccccc1OCC(=O)N1CCN(c2ccc3ccccc3n2)CC1. The molecule has 6 heteroatoms. The van der Waals surface area contributed by atoms with Gasteiger partial charge in [0.15, 0.2) is 18.1 Å². The van der Waals surface area contributed by atoms with Crippen molar-refractivity contribution in [2.24, 2.45) is 0 Å². The second-order valence-electron chi connectivity index (χ2n) is 6.67. The van der Waals surface area contributed by atoms with Crippen molar-refractivity contribution in [1.29, 1.82) is 0 Å². The summed E-state index contributed by atoms with van der Waals surface area (Å²) in [7, 11) is 1.59. The minimum atomic E-state index is -0.0166. The third-order valence-corrected chi connectivity index (χ3v) is 4.96. The molecular formula is C22H23N3O3. The summed E-state index contributed by atoms with van der Waals surface area (Å²) >= 11 is 0. The minimum absolute atomic E-state index is 0.00853. The maximum atomic E-state index is 12.5. The third kappa shape index (κ3) is 3.86. The zero-order valence-corrected chi connectivity index (χ0v) is 15.9. The van der Waals surface area contributed by atoms with Crippen LogP contribution in [-0.2, 0) is 4.79 Å². The number of amides is 1. The highest BCUT2D eigenvalue weighted by atomic mass is 16.5. The van der Waals surface area contributed by atoms with Gasteiger partial charge in [-0.25, -0.2) is 4.98 Å². The monoisotopic (exact) mass is 377 g/mol. The lowest BCUT2D eigenvalue weighted by Gasteiger charge is -2.35. The number of carbonyl (C=O) groups excluding carboxylic acids is 1. The average Bonchev–Trinajstić information content (AvgIpc) is 2.77. The van der Waals surface area contributed by atoms with Crippen molar-refractivity contribution < 1.29 is 14.3 Å². The molecule has 1 aromatic heterocycles. The van der Waals surface area contributed by atoms with Gasteiger partial charge in [0.05, 0.1) is 12.6 Å². The van der Waals surface area contributed by atoms with Crippen LogP contribution in [0.5, 0.6) is 11.5 Å². The summed E-state index contributed by atoms with van der Waals surface area (Å²) < 4.78 is 10.9. The molecule has 0 saturated carbocycles. The fourth-order valence-electron chi connectivity index (χ4n) is 3.39. The molecule has 28 heavy (non-hydrogen) atoms. The topological polar surface area (TPSA) is 54.9 Å². The second-order valence-corrected chi connectivity index (χ2v) is 6.67. The zero-order chi connectivity index (χ0) is 19.3. The number of hydrogen-bond donors (Lipinski definition) is 0. The molecule has 0 N–H and O–H groups in total. The van der Waals surface area contributed by atoms with Crippen molar-refractivity contribution in [3.63, 3.8) is 0 Å². The number of pyridine rings is 1. The number of para-hydroxylation sites is 3. The number of hydrogen-bond acceptors (Lipinski definition) is 5. The highest BCUT2D eigenvalue weighted by Crippen LogP contribution is 2.26. The predicted octanol–water partition coefficient (Wildman–Crippen LogP) is 2.97. The standard InChI is InChI=1S/C22H23N3O3/c1-27-19-8-4-5-9-20(19)28-16-22(26)25-14-12-24(13-15-25)21-11-10-17-6-2-3-7-18(17)23-21/h2-11H,12-16H2,1H3. The number of rotatable bonds is 5. The number of fused-ring (bicyclic) bond motifs is 1. The molecule has 1 aliphatic heterocycles. The zero-order valence-electron chi connectivity index (χ0n) is 15.9. The third-order valence-electron chi connectivity index (χ3n) is 4.96. The maximum absolute atomic E-state index is 12.5. The average molecular weight is 377 g/mol. The van der Waals surface area contributed by atoms with Crippen LogP contribution in [0.1, 0.15) is 0 Å². The Kier molecular flexibility index (Phi) is 5.28. The van der Waals surface area contributed by atoms with E-state index in [0.717, 1.165) is 29.8 Å². The smallest absolute Gasteiger partial charge is 0.260 e. The lowest BCUT2D eigenvalue weighted by atomic mass is 10.2. The molecular weight excluding hydrogens is 354 g/mol. The molecule has 1 amide bonds. The molecule has 4 rings (SSSR count). The van der Waals surface area contributed by atoms with Gasteiger partial charge in [-0.1, -0.05) is 30.3 Å². The van der Waals surface area contributed by atoms with Crippen molar-refractivity contribution >= 4 is 22.6 Å². The number of piperazine rings is 1. The highest BCUT2D eigenvalue weighted by Gasteiger charge is 2.22. The van der Waals surface area contributed by atoms with Gasteiger partial charge in [0, 0.05) is 31.6 Å². The van der Waals surface area contributed by atoms with E-state index in [-0.39, 0.29) is 12.5 Å². The van der Waals surface area contributed by atoms with Crippen molar-refractivity contribution in [1.82, 2.24) is 9.88 Å². The van der Waals surface area contributed by atoms with Crippen molar-refractivity contribution in [3.05, 3.63) is 60.7 Å². The van der Waals surface area contributed by atoms with E-state index < -0.39 is 0 Å². The van der Waals surface area contributed by atoms with E-state index in [0.29, 0.717) is 24.6 Å². The molecule has 0 atom stereocenters. The van der Waals surface area contributed by atoms with Crippen LogP contribution in [0.25, 0.3) is 10.9 Å². The predicted molar refractivity (Wildman–Crippen MR) is 109 cm³/mol. The second kappa shape index (κ2) is 8.17. The van der Waals surface area contributed by atoms with Gasteiger partial charge in [-0.2, -0.15) is 0 Å². The van der Waals surface area contributed by atoms with Gasteiger partial charge in [-0.3, -0.25) is 4.79 Å². The molecule has 144 valence electrons. The number of anilines is 1. The fraction of sp³-hybridized carbons (Fsp3) is 0.273. The summed E-state index contributed by atoms with van der Waals surface area (Å²) in [5.74, 6) is 2.15.